The van der Waals surface area contributed by atoms with Gasteiger partial charge in [0.15, 0.2) is 0 Å². The number of anilines is 1. The quantitative estimate of drug-likeness (QED) is 0.579. The maximum absolute atomic E-state index is 13.7. The van der Waals surface area contributed by atoms with E-state index < -0.39 is 18.1 Å². The fraction of sp³-hybridized carbons (Fsp3) is 0.500. The summed E-state index contributed by atoms with van der Waals surface area (Å²) in [7, 11) is 0. The van der Waals surface area contributed by atoms with E-state index in [9.17, 15) is 14.7 Å². The van der Waals surface area contributed by atoms with Crippen molar-refractivity contribution in [2.45, 2.75) is 83.3 Å². The molecular formula is C28H36N2O3. The third kappa shape index (κ3) is 6.02. The molecule has 0 bridgehead atoms. The highest BCUT2D eigenvalue weighted by molar-refractivity contribution is 5.98. The largest absolute Gasteiger partial charge is 0.480 e. The van der Waals surface area contributed by atoms with Gasteiger partial charge in [-0.1, -0.05) is 80.1 Å². The van der Waals surface area contributed by atoms with E-state index in [0.717, 1.165) is 29.7 Å². The number of nitrogens with one attached hydrogen (secondary N) is 1. The molecule has 1 amide bonds. The zero-order valence-corrected chi connectivity index (χ0v) is 19.6. The second-order valence-electron chi connectivity index (χ2n) is 9.77. The van der Waals surface area contributed by atoms with Crippen LogP contribution in [-0.4, -0.2) is 29.1 Å². The normalized spacial score (nSPS) is 20.2. The Morgan fingerprint density at radius 1 is 1.06 bits per heavy atom. The van der Waals surface area contributed by atoms with Gasteiger partial charge in [0.1, 0.15) is 6.04 Å². The molecule has 33 heavy (non-hydrogen) atoms. The first-order chi connectivity index (χ1) is 16.0. The highest BCUT2D eigenvalue weighted by atomic mass is 16.4. The van der Waals surface area contributed by atoms with Crippen molar-refractivity contribution in [2.75, 3.05) is 4.90 Å². The molecule has 2 atom stereocenters. The molecule has 0 aromatic heterocycles. The molecule has 5 heteroatoms. The lowest BCUT2D eigenvalue weighted by atomic mass is 9.85. The first-order valence-electron chi connectivity index (χ1n) is 12.4. The number of aliphatic carboxylic acids is 1. The highest BCUT2D eigenvalue weighted by Gasteiger charge is 2.33. The Hall–Kier alpha value is -2.66. The third-order valence-electron chi connectivity index (χ3n) is 7.30. The van der Waals surface area contributed by atoms with Crippen LogP contribution in [0.15, 0.2) is 48.5 Å². The number of hydrogen-bond acceptors (Lipinski definition) is 3. The minimum atomic E-state index is -0.856. The molecule has 176 valence electrons. The topological polar surface area (TPSA) is 69.6 Å². The van der Waals surface area contributed by atoms with Crippen LogP contribution in [0.3, 0.4) is 0 Å². The summed E-state index contributed by atoms with van der Waals surface area (Å²) in [6, 6.07) is 15.1. The zero-order chi connectivity index (χ0) is 23.2. The molecule has 1 aliphatic heterocycles. The first kappa shape index (κ1) is 23.5. The summed E-state index contributed by atoms with van der Waals surface area (Å²) >= 11 is 0. The number of carboxylic acid groups (broad SMARTS) is 1. The maximum Gasteiger partial charge on any atom is 0.320 e. The van der Waals surface area contributed by atoms with Crippen LogP contribution in [0.1, 0.15) is 68.1 Å². The number of hydrogen-bond donors (Lipinski definition) is 2. The Kier molecular flexibility index (Phi) is 7.81. The Bertz CT molecular complexity index is 950. The van der Waals surface area contributed by atoms with Gasteiger partial charge in [0.25, 0.3) is 0 Å². The van der Waals surface area contributed by atoms with Crippen LogP contribution in [0.5, 0.6) is 0 Å². The van der Waals surface area contributed by atoms with Crippen molar-refractivity contribution >= 4 is 17.6 Å². The molecule has 2 N–H and O–H groups in total. The average Bonchev–Trinajstić information content (AvgIpc) is 2.95. The minimum Gasteiger partial charge on any atom is -0.480 e. The van der Waals surface area contributed by atoms with Crippen molar-refractivity contribution in [2.24, 2.45) is 5.92 Å². The molecule has 0 radical (unpaired) electrons. The van der Waals surface area contributed by atoms with E-state index in [1.807, 2.05) is 23.1 Å². The molecule has 4 rings (SSSR count). The highest BCUT2D eigenvalue weighted by Crippen LogP contribution is 2.30. The van der Waals surface area contributed by atoms with Gasteiger partial charge in [-0.25, -0.2) is 0 Å². The molecule has 2 aromatic carbocycles. The Morgan fingerprint density at radius 3 is 2.52 bits per heavy atom. The minimum absolute atomic E-state index is 0.0376. The number of carbonyl (C=O) groups excluding carboxylic acids is 1. The van der Waals surface area contributed by atoms with Gasteiger partial charge in [0.05, 0.1) is 12.6 Å². The van der Waals surface area contributed by atoms with Gasteiger partial charge in [0.2, 0.25) is 5.91 Å². The van der Waals surface area contributed by atoms with E-state index in [0.29, 0.717) is 25.3 Å². The molecule has 1 heterocycles. The number of rotatable bonds is 8. The smallest absolute Gasteiger partial charge is 0.320 e. The third-order valence-corrected chi connectivity index (χ3v) is 7.30. The van der Waals surface area contributed by atoms with Crippen LogP contribution in [0, 0.1) is 12.8 Å². The van der Waals surface area contributed by atoms with Crippen molar-refractivity contribution in [3.05, 3.63) is 65.2 Å². The van der Waals surface area contributed by atoms with E-state index in [1.165, 1.54) is 37.7 Å². The second-order valence-corrected chi connectivity index (χ2v) is 9.77. The summed E-state index contributed by atoms with van der Waals surface area (Å²) in [5.41, 5.74) is 4.32. The zero-order valence-electron chi connectivity index (χ0n) is 19.6. The summed E-state index contributed by atoms with van der Waals surface area (Å²) in [5, 5.41) is 13.2. The van der Waals surface area contributed by atoms with Crippen LogP contribution in [0.2, 0.25) is 0 Å². The standard InChI is InChI=1S/C28H36N2O3/c1-20-11-13-22(14-12-20)19-30-26-10-6-5-9-23(26)16-18-24(27(30)31)29-25(28(32)33)17-15-21-7-3-2-4-8-21/h5-6,9-14,21,24-25,29H,2-4,7-8,15-19H2,1H3,(H,32,33)/t24-,25-/m0/s1. The van der Waals surface area contributed by atoms with Gasteiger partial charge in [-0.2, -0.15) is 0 Å². The van der Waals surface area contributed by atoms with Gasteiger partial charge in [0, 0.05) is 5.69 Å². The van der Waals surface area contributed by atoms with Crippen LogP contribution < -0.4 is 10.2 Å². The van der Waals surface area contributed by atoms with E-state index in [4.69, 9.17) is 0 Å². The van der Waals surface area contributed by atoms with Crippen LogP contribution in [0.25, 0.3) is 0 Å². The molecule has 1 aliphatic carbocycles. The van der Waals surface area contributed by atoms with Crippen molar-refractivity contribution < 1.29 is 14.7 Å². The summed E-state index contributed by atoms with van der Waals surface area (Å²) in [6.07, 6.45) is 9.05. The van der Waals surface area contributed by atoms with Crippen LogP contribution in [-0.2, 0) is 22.6 Å². The molecule has 0 unspecified atom stereocenters. The number of fused-ring (bicyclic) bond motifs is 1. The van der Waals surface area contributed by atoms with Crippen molar-refractivity contribution in [3.63, 3.8) is 0 Å². The van der Waals surface area contributed by atoms with E-state index in [1.54, 1.807) is 0 Å². The predicted molar refractivity (Wildman–Crippen MR) is 131 cm³/mol. The molecular weight excluding hydrogens is 412 g/mol. The fourth-order valence-electron chi connectivity index (χ4n) is 5.31. The number of aryl methyl sites for hydroxylation is 2. The summed E-state index contributed by atoms with van der Waals surface area (Å²) in [5.74, 6) is -0.274. The first-order valence-corrected chi connectivity index (χ1v) is 12.4. The van der Waals surface area contributed by atoms with Gasteiger partial charge in [-0.15, -0.1) is 0 Å². The Labute approximate surface area is 197 Å². The van der Waals surface area contributed by atoms with Gasteiger partial charge >= 0.3 is 5.97 Å². The van der Waals surface area contributed by atoms with Crippen molar-refractivity contribution in [1.29, 1.82) is 0 Å². The fourth-order valence-corrected chi connectivity index (χ4v) is 5.31. The summed E-state index contributed by atoms with van der Waals surface area (Å²) < 4.78 is 0. The van der Waals surface area contributed by atoms with Crippen LogP contribution >= 0.6 is 0 Å². The average molecular weight is 449 g/mol. The van der Waals surface area contributed by atoms with E-state index >= 15 is 0 Å². The number of nitrogens with zero attached hydrogens (tertiary/aromatic N) is 1. The number of carbonyl (C=O) groups is 2. The summed E-state index contributed by atoms with van der Waals surface area (Å²) in [4.78, 5) is 27.6. The van der Waals surface area contributed by atoms with Gasteiger partial charge < -0.3 is 10.0 Å². The summed E-state index contributed by atoms with van der Waals surface area (Å²) in [6.45, 7) is 2.53. The molecule has 0 spiro atoms. The number of benzene rings is 2. The monoisotopic (exact) mass is 448 g/mol. The maximum atomic E-state index is 13.7. The molecule has 2 aliphatic rings. The molecule has 1 saturated carbocycles. The number of para-hydroxylation sites is 1. The van der Waals surface area contributed by atoms with Crippen molar-refractivity contribution in [3.8, 4) is 0 Å². The molecule has 2 aromatic rings. The van der Waals surface area contributed by atoms with Crippen molar-refractivity contribution in [1.82, 2.24) is 5.32 Å². The predicted octanol–water partition coefficient (Wildman–Crippen LogP) is 5.25. The van der Waals surface area contributed by atoms with Gasteiger partial charge in [-0.05, 0) is 55.7 Å². The number of amides is 1. The number of carboxylic acids is 1. The lowest BCUT2D eigenvalue weighted by molar-refractivity contribution is -0.140. The Balaban J connectivity index is 1.51. The molecule has 5 nitrogen and oxygen atoms in total. The van der Waals surface area contributed by atoms with Gasteiger partial charge in [-0.3, -0.25) is 14.9 Å². The second kappa shape index (κ2) is 11.0. The van der Waals surface area contributed by atoms with Crippen LogP contribution in [0.4, 0.5) is 5.69 Å². The lowest BCUT2D eigenvalue weighted by Gasteiger charge is -2.29. The SMILES string of the molecule is Cc1ccc(CN2C(=O)[C@@H](N[C@@H](CCC3CCCCC3)C(=O)O)CCc3ccccc32)cc1. The van der Waals surface area contributed by atoms with E-state index in [2.05, 4.69) is 42.6 Å². The molecule has 1 fully saturated rings. The Morgan fingerprint density at radius 2 is 1.79 bits per heavy atom. The van der Waals surface area contributed by atoms with E-state index in [-0.39, 0.29) is 5.91 Å². The molecule has 0 saturated heterocycles. The lowest BCUT2D eigenvalue weighted by Crippen LogP contribution is -2.51.